The molecule has 0 unspecified atom stereocenters. The number of carbonyl (C=O) groups excluding carboxylic acids is 1. The van der Waals surface area contributed by atoms with Crippen molar-refractivity contribution in [1.82, 2.24) is 14.4 Å². The molecule has 1 aromatic carbocycles. The van der Waals surface area contributed by atoms with E-state index in [9.17, 15) is 4.79 Å². The predicted molar refractivity (Wildman–Crippen MR) is 116 cm³/mol. The Labute approximate surface area is 174 Å². The van der Waals surface area contributed by atoms with Crippen LogP contribution in [0.1, 0.15) is 47.8 Å². The molecular weight excluding hydrogens is 362 g/mol. The Morgan fingerprint density at radius 1 is 1.10 bits per heavy atom. The molecule has 0 spiro atoms. The van der Waals surface area contributed by atoms with Gasteiger partial charge in [-0.25, -0.2) is 0 Å². The lowest BCUT2D eigenvalue weighted by atomic mass is 9.96. The van der Waals surface area contributed by atoms with Gasteiger partial charge in [-0.1, -0.05) is 12.1 Å². The second-order valence-corrected chi connectivity index (χ2v) is 8.63. The molecule has 1 amide bonds. The molecule has 1 saturated heterocycles. The van der Waals surface area contributed by atoms with Crippen LogP contribution in [0.4, 0.5) is 0 Å². The summed E-state index contributed by atoms with van der Waals surface area (Å²) in [5.74, 6) is 1.65. The van der Waals surface area contributed by atoms with Crippen LogP contribution < -0.4 is 4.74 Å². The van der Waals surface area contributed by atoms with E-state index < -0.39 is 0 Å². The molecule has 1 saturated carbocycles. The first-order chi connectivity index (χ1) is 14.1. The van der Waals surface area contributed by atoms with Crippen LogP contribution in [-0.2, 0) is 6.42 Å². The van der Waals surface area contributed by atoms with Crippen molar-refractivity contribution in [3.63, 3.8) is 0 Å². The molecule has 2 fully saturated rings. The standard InChI is InChI=1S/C24H33N3O2/c1-25-15-11-20(12-16-25)18-26(17-13-19-5-9-22(29-2)10-6-19)24(28)23-4-3-14-27(23)21-7-8-21/h3-6,9-10,14,20-21H,7-8,11-13,15-18H2,1-2H3. The second kappa shape index (κ2) is 9.04. The van der Waals surface area contributed by atoms with Crippen molar-refractivity contribution in [2.75, 3.05) is 40.3 Å². The molecular formula is C24H33N3O2. The fourth-order valence-corrected chi connectivity index (χ4v) is 4.30. The maximum absolute atomic E-state index is 13.5. The van der Waals surface area contributed by atoms with Gasteiger partial charge in [-0.15, -0.1) is 0 Å². The first-order valence-corrected chi connectivity index (χ1v) is 10.9. The number of piperidine rings is 1. The fourth-order valence-electron chi connectivity index (χ4n) is 4.30. The van der Waals surface area contributed by atoms with E-state index in [1.165, 1.54) is 31.2 Å². The Morgan fingerprint density at radius 3 is 2.48 bits per heavy atom. The maximum atomic E-state index is 13.5. The van der Waals surface area contributed by atoms with Crippen LogP contribution in [0.15, 0.2) is 42.6 Å². The number of hydrogen-bond acceptors (Lipinski definition) is 3. The summed E-state index contributed by atoms with van der Waals surface area (Å²) in [5.41, 5.74) is 2.10. The van der Waals surface area contributed by atoms with Crippen LogP contribution in [0.2, 0.25) is 0 Å². The average Bonchev–Trinajstić information content (AvgIpc) is 3.48. The highest BCUT2D eigenvalue weighted by Gasteiger charge is 2.29. The Kier molecular flexibility index (Phi) is 6.24. The van der Waals surface area contributed by atoms with Gasteiger partial charge in [0.1, 0.15) is 11.4 Å². The number of likely N-dealkylation sites (tertiary alicyclic amines) is 1. The molecule has 0 bridgehead atoms. The number of benzene rings is 1. The summed E-state index contributed by atoms with van der Waals surface area (Å²) in [5, 5.41) is 0. The highest BCUT2D eigenvalue weighted by atomic mass is 16.5. The molecule has 5 heteroatoms. The number of amides is 1. The minimum Gasteiger partial charge on any atom is -0.497 e. The molecule has 1 aliphatic carbocycles. The van der Waals surface area contributed by atoms with E-state index in [4.69, 9.17) is 4.74 Å². The highest BCUT2D eigenvalue weighted by molar-refractivity contribution is 5.93. The molecule has 29 heavy (non-hydrogen) atoms. The van der Waals surface area contributed by atoms with Crippen LogP contribution in [0, 0.1) is 5.92 Å². The Bertz CT molecular complexity index is 802. The zero-order chi connectivity index (χ0) is 20.2. The number of hydrogen-bond donors (Lipinski definition) is 0. The molecule has 2 aliphatic rings. The molecule has 1 aromatic heterocycles. The third-order valence-electron chi connectivity index (χ3n) is 6.37. The zero-order valence-corrected chi connectivity index (χ0v) is 17.7. The third kappa shape index (κ3) is 5.02. The molecule has 0 N–H and O–H groups in total. The summed E-state index contributed by atoms with van der Waals surface area (Å²) in [4.78, 5) is 18.0. The minimum absolute atomic E-state index is 0.189. The zero-order valence-electron chi connectivity index (χ0n) is 17.7. The lowest BCUT2D eigenvalue weighted by Crippen LogP contribution is -2.41. The lowest BCUT2D eigenvalue weighted by molar-refractivity contribution is 0.0689. The fraction of sp³-hybridized carbons (Fsp3) is 0.542. The summed E-state index contributed by atoms with van der Waals surface area (Å²) in [6, 6.07) is 12.7. The maximum Gasteiger partial charge on any atom is 0.270 e. The van der Waals surface area contributed by atoms with Crippen LogP contribution in [0.3, 0.4) is 0 Å². The Hall–Kier alpha value is -2.27. The summed E-state index contributed by atoms with van der Waals surface area (Å²) in [6.45, 7) is 3.87. The van der Waals surface area contributed by atoms with Gasteiger partial charge >= 0.3 is 0 Å². The van der Waals surface area contributed by atoms with E-state index in [1.54, 1.807) is 7.11 Å². The quantitative estimate of drug-likeness (QED) is 0.681. The molecule has 0 radical (unpaired) electrons. The van der Waals surface area contributed by atoms with E-state index in [-0.39, 0.29) is 5.91 Å². The molecule has 4 rings (SSSR count). The van der Waals surface area contributed by atoms with Crippen molar-refractivity contribution in [3.8, 4) is 5.75 Å². The number of methoxy groups -OCH3 is 1. The molecule has 156 valence electrons. The summed E-state index contributed by atoms with van der Waals surface area (Å²) in [7, 11) is 3.87. The predicted octanol–water partition coefficient (Wildman–Crippen LogP) is 3.86. The minimum atomic E-state index is 0.189. The van der Waals surface area contributed by atoms with Crippen molar-refractivity contribution < 1.29 is 9.53 Å². The van der Waals surface area contributed by atoms with Gasteiger partial charge in [0.15, 0.2) is 0 Å². The van der Waals surface area contributed by atoms with Crippen molar-refractivity contribution in [1.29, 1.82) is 0 Å². The summed E-state index contributed by atoms with van der Waals surface area (Å²) >= 11 is 0. The average molecular weight is 396 g/mol. The first kappa shape index (κ1) is 20.0. The van der Waals surface area contributed by atoms with Gasteiger partial charge < -0.3 is 19.1 Å². The molecule has 2 aromatic rings. The Balaban J connectivity index is 1.46. The van der Waals surface area contributed by atoms with Crippen LogP contribution >= 0.6 is 0 Å². The van der Waals surface area contributed by atoms with Crippen molar-refractivity contribution in [2.45, 2.75) is 38.1 Å². The van der Waals surface area contributed by atoms with E-state index in [0.29, 0.717) is 12.0 Å². The number of carbonyl (C=O) groups is 1. The SMILES string of the molecule is COc1ccc(CCN(CC2CCN(C)CC2)C(=O)c2cccn2C2CC2)cc1. The van der Waals surface area contributed by atoms with Gasteiger partial charge in [-0.05, 0) is 88.0 Å². The summed E-state index contributed by atoms with van der Waals surface area (Å²) < 4.78 is 7.45. The normalized spacial score (nSPS) is 18.0. The van der Waals surface area contributed by atoms with E-state index in [2.05, 4.69) is 39.7 Å². The van der Waals surface area contributed by atoms with Crippen molar-refractivity contribution in [3.05, 3.63) is 53.9 Å². The monoisotopic (exact) mass is 395 g/mol. The third-order valence-corrected chi connectivity index (χ3v) is 6.37. The van der Waals surface area contributed by atoms with Crippen LogP contribution in [0.5, 0.6) is 5.75 Å². The van der Waals surface area contributed by atoms with Gasteiger partial charge in [-0.2, -0.15) is 0 Å². The van der Waals surface area contributed by atoms with Crippen LogP contribution in [0.25, 0.3) is 0 Å². The topological polar surface area (TPSA) is 37.7 Å². The van der Waals surface area contributed by atoms with Gasteiger partial charge in [0.25, 0.3) is 5.91 Å². The van der Waals surface area contributed by atoms with Crippen LogP contribution in [-0.4, -0.2) is 60.6 Å². The van der Waals surface area contributed by atoms with E-state index in [0.717, 1.165) is 44.0 Å². The van der Waals surface area contributed by atoms with Gasteiger partial charge in [-0.3, -0.25) is 4.79 Å². The molecule has 5 nitrogen and oxygen atoms in total. The lowest BCUT2D eigenvalue weighted by Gasteiger charge is -2.33. The second-order valence-electron chi connectivity index (χ2n) is 8.63. The van der Waals surface area contributed by atoms with Gasteiger partial charge in [0.05, 0.1) is 7.11 Å². The Morgan fingerprint density at radius 2 is 1.83 bits per heavy atom. The van der Waals surface area contributed by atoms with Gasteiger partial charge in [0.2, 0.25) is 0 Å². The number of ether oxygens (including phenoxy) is 1. The molecule has 0 atom stereocenters. The number of nitrogens with zero attached hydrogens (tertiary/aromatic N) is 3. The van der Waals surface area contributed by atoms with E-state index in [1.807, 2.05) is 24.3 Å². The smallest absolute Gasteiger partial charge is 0.270 e. The van der Waals surface area contributed by atoms with Gasteiger partial charge in [0, 0.05) is 25.3 Å². The summed E-state index contributed by atoms with van der Waals surface area (Å²) in [6.07, 6.45) is 7.67. The number of rotatable bonds is 8. The molecule has 2 heterocycles. The van der Waals surface area contributed by atoms with Crippen molar-refractivity contribution in [2.24, 2.45) is 5.92 Å². The number of aromatic nitrogens is 1. The molecule has 1 aliphatic heterocycles. The highest BCUT2D eigenvalue weighted by Crippen LogP contribution is 2.36. The first-order valence-electron chi connectivity index (χ1n) is 10.9. The largest absolute Gasteiger partial charge is 0.497 e. The van der Waals surface area contributed by atoms with E-state index >= 15 is 0 Å². The van der Waals surface area contributed by atoms with Crippen molar-refractivity contribution >= 4 is 5.91 Å².